The summed E-state index contributed by atoms with van der Waals surface area (Å²) in [4.78, 5) is 0. The van der Waals surface area contributed by atoms with Gasteiger partial charge in [0.2, 0.25) is 0 Å². The number of aryl methyl sites for hydroxylation is 2. The summed E-state index contributed by atoms with van der Waals surface area (Å²) in [7, 11) is 0. The third kappa shape index (κ3) is 1.85. The van der Waals surface area contributed by atoms with E-state index in [2.05, 4.69) is 20.6 Å². The fraction of sp³-hybridized carbons (Fsp3) is 0.167. The number of nitrogen functional groups attached to an aromatic ring is 1. The van der Waals surface area contributed by atoms with Crippen LogP contribution in [0.3, 0.4) is 0 Å². The van der Waals surface area contributed by atoms with Gasteiger partial charge in [-0.25, -0.2) is 4.68 Å². The van der Waals surface area contributed by atoms with E-state index in [1.165, 1.54) is 0 Å². The van der Waals surface area contributed by atoms with Gasteiger partial charge in [-0.1, -0.05) is 5.10 Å². The Morgan fingerprint density at radius 3 is 2.68 bits per heavy atom. The minimum absolute atomic E-state index is 0.500. The molecule has 0 spiro atoms. The predicted molar refractivity (Wildman–Crippen MR) is 70.2 cm³/mol. The summed E-state index contributed by atoms with van der Waals surface area (Å²) in [6.07, 6.45) is 3.45. The molecular weight excluding hydrogens is 242 g/mol. The van der Waals surface area contributed by atoms with Gasteiger partial charge in [0.25, 0.3) is 5.95 Å². The van der Waals surface area contributed by atoms with Gasteiger partial charge in [0.15, 0.2) is 0 Å². The van der Waals surface area contributed by atoms with Crippen LogP contribution in [0.4, 0.5) is 5.69 Å². The Bertz CT molecular complexity index is 712. The lowest BCUT2D eigenvalue weighted by atomic mass is 10.1. The quantitative estimate of drug-likeness (QED) is 0.691. The molecule has 0 aliphatic rings. The van der Waals surface area contributed by atoms with E-state index in [1.54, 1.807) is 21.8 Å². The Balaban J connectivity index is 2.19. The fourth-order valence-electron chi connectivity index (χ4n) is 1.87. The van der Waals surface area contributed by atoms with Crippen LogP contribution in [-0.2, 0) is 0 Å². The van der Waals surface area contributed by atoms with Gasteiger partial charge in [-0.15, -0.1) is 0 Å². The van der Waals surface area contributed by atoms with Gasteiger partial charge in [0.1, 0.15) is 0 Å². The molecule has 0 aliphatic heterocycles. The smallest absolute Gasteiger partial charge is 0.275 e. The molecule has 2 N–H and O–H groups in total. The van der Waals surface area contributed by atoms with E-state index in [0.717, 1.165) is 16.8 Å². The zero-order chi connectivity index (χ0) is 13.4. The third-order valence-electron chi connectivity index (χ3n) is 3.03. The molecule has 96 valence electrons. The van der Waals surface area contributed by atoms with E-state index >= 15 is 0 Å². The van der Waals surface area contributed by atoms with Crippen LogP contribution in [0, 0.1) is 13.8 Å². The average molecular weight is 255 g/mol. The van der Waals surface area contributed by atoms with E-state index in [9.17, 15) is 0 Å². The van der Waals surface area contributed by atoms with Gasteiger partial charge in [-0.2, -0.15) is 9.78 Å². The SMILES string of the molecule is Cc1cc(N)c(-n2nnnc2-n2cccn2)cc1C. The molecule has 0 bridgehead atoms. The van der Waals surface area contributed by atoms with Crippen LogP contribution < -0.4 is 5.73 Å². The summed E-state index contributed by atoms with van der Waals surface area (Å²) < 4.78 is 3.17. The monoisotopic (exact) mass is 255 g/mol. The predicted octanol–water partition coefficient (Wildman–Crippen LogP) is 1.05. The highest BCUT2D eigenvalue weighted by atomic mass is 15.6. The molecule has 1 aromatic carbocycles. The van der Waals surface area contributed by atoms with Crippen molar-refractivity contribution in [3.63, 3.8) is 0 Å². The normalized spacial score (nSPS) is 10.8. The van der Waals surface area contributed by atoms with Crippen LogP contribution in [0.25, 0.3) is 11.6 Å². The molecular formula is C12H13N7. The first kappa shape index (κ1) is 11.4. The Hall–Kier alpha value is -2.70. The van der Waals surface area contributed by atoms with E-state index in [0.29, 0.717) is 11.6 Å². The highest BCUT2D eigenvalue weighted by Crippen LogP contribution is 2.22. The molecule has 0 unspecified atom stereocenters. The molecule has 0 amide bonds. The summed E-state index contributed by atoms with van der Waals surface area (Å²) in [5.74, 6) is 0.500. The maximum Gasteiger partial charge on any atom is 0.275 e. The second-order valence-corrected chi connectivity index (χ2v) is 4.34. The molecule has 0 saturated heterocycles. The number of tetrazole rings is 1. The second-order valence-electron chi connectivity index (χ2n) is 4.34. The summed E-state index contributed by atoms with van der Waals surface area (Å²) >= 11 is 0. The number of anilines is 1. The molecule has 0 aliphatic carbocycles. The van der Waals surface area contributed by atoms with Crippen LogP contribution in [0.5, 0.6) is 0 Å². The van der Waals surface area contributed by atoms with Crippen molar-refractivity contribution in [3.8, 4) is 11.6 Å². The number of hydrogen-bond donors (Lipinski definition) is 1. The van der Waals surface area contributed by atoms with Crippen molar-refractivity contribution < 1.29 is 0 Å². The van der Waals surface area contributed by atoms with E-state index in [1.807, 2.05) is 32.0 Å². The topological polar surface area (TPSA) is 87.4 Å². The number of aromatic nitrogens is 6. The van der Waals surface area contributed by atoms with Crippen LogP contribution >= 0.6 is 0 Å². The van der Waals surface area contributed by atoms with Crippen molar-refractivity contribution in [3.05, 3.63) is 41.7 Å². The van der Waals surface area contributed by atoms with E-state index in [-0.39, 0.29) is 0 Å². The van der Waals surface area contributed by atoms with E-state index < -0.39 is 0 Å². The Labute approximate surface area is 109 Å². The van der Waals surface area contributed by atoms with Gasteiger partial charge in [0.05, 0.1) is 11.4 Å². The van der Waals surface area contributed by atoms with Crippen molar-refractivity contribution in [2.24, 2.45) is 0 Å². The van der Waals surface area contributed by atoms with E-state index in [4.69, 9.17) is 5.73 Å². The van der Waals surface area contributed by atoms with Gasteiger partial charge in [0, 0.05) is 12.4 Å². The molecule has 7 nitrogen and oxygen atoms in total. The zero-order valence-electron chi connectivity index (χ0n) is 10.6. The van der Waals surface area contributed by atoms with Crippen molar-refractivity contribution >= 4 is 5.69 Å². The lowest BCUT2D eigenvalue weighted by Crippen LogP contribution is -2.09. The highest BCUT2D eigenvalue weighted by Gasteiger charge is 2.13. The second kappa shape index (κ2) is 4.20. The number of benzene rings is 1. The first-order chi connectivity index (χ1) is 9.16. The Kier molecular flexibility index (Phi) is 2.52. The molecule has 7 heteroatoms. The Morgan fingerprint density at radius 2 is 1.95 bits per heavy atom. The third-order valence-corrected chi connectivity index (χ3v) is 3.03. The van der Waals surface area contributed by atoms with Crippen molar-refractivity contribution in [1.29, 1.82) is 0 Å². The zero-order valence-corrected chi connectivity index (χ0v) is 10.6. The van der Waals surface area contributed by atoms with Crippen LogP contribution in [0.15, 0.2) is 30.6 Å². The Morgan fingerprint density at radius 1 is 1.16 bits per heavy atom. The average Bonchev–Trinajstić information content (AvgIpc) is 3.03. The molecule has 2 aromatic heterocycles. The highest BCUT2D eigenvalue weighted by molar-refractivity contribution is 5.61. The van der Waals surface area contributed by atoms with Crippen LogP contribution in [0.1, 0.15) is 11.1 Å². The summed E-state index contributed by atoms with van der Waals surface area (Å²) in [6.45, 7) is 4.04. The molecule has 3 rings (SSSR count). The number of nitrogens with zero attached hydrogens (tertiary/aromatic N) is 6. The first-order valence-electron chi connectivity index (χ1n) is 5.82. The number of hydrogen-bond acceptors (Lipinski definition) is 5. The lowest BCUT2D eigenvalue weighted by Gasteiger charge is -2.10. The minimum Gasteiger partial charge on any atom is -0.397 e. The van der Waals surface area contributed by atoms with Crippen LogP contribution in [-0.4, -0.2) is 30.0 Å². The number of rotatable bonds is 2. The summed E-state index contributed by atoms with van der Waals surface area (Å²) in [5, 5.41) is 15.8. The maximum atomic E-state index is 6.06. The van der Waals surface area contributed by atoms with Crippen molar-refractivity contribution in [2.45, 2.75) is 13.8 Å². The molecule has 3 aromatic rings. The lowest BCUT2D eigenvalue weighted by molar-refractivity contribution is 0.741. The minimum atomic E-state index is 0.500. The van der Waals surface area contributed by atoms with Crippen molar-refractivity contribution in [2.75, 3.05) is 5.73 Å². The van der Waals surface area contributed by atoms with Gasteiger partial charge in [-0.05, 0) is 53.6 Å². The molecule has 2 heterocycles. The summed E-state index contributed by atoms with van der Waals surface area (Å²) in [6, 6.07) is 5.69. The fourth-order valence-corrected chi connectivity index (χ4v) is 1.87. The van der Waals surface area contributed by atoms with Crippen molar-refractivity contribution in [1.82, 2.24) is 30.0 Å². The molecule has 19 heavy (non-hydrogen) atoms. The largest absolute Gasteiger partial charge is 0.397 e. The molecule has 0 fully saturated rings. The molecule has 0 atom stereocenters. The summed E-state index contributed by atoms with van der Waals surface area (Å²) in [5.41, 5.74) is 9.70. The molecule has 0 radical (unpaired) electrons. The maximum absolute atomic E-state index is 6.06. The molecule has 0 saturated carbocycles. The van der Waals surface area contributed by atoms with Gasteiger partial charge in [-0.3, -0.25) is 0 Å². The number of nitrogens with two attached hydrogens (primary N) is 1. The van der Waals surface area contributed by atoms with Gasteiger partial charge < -0.3 is 5.73 Å². The van der Waals surface area contributed by atoms with Crippen LogP contribution in [0.2, 0.25) is 0 Å². The standard InChI is InChI=1S/C12H13N7/c1-8-6-10(13)11(7-9(8)2)19-12(15-16-17-19)18-5-3-4-14-18/h3-7H,13H2,1-2H3. The first-order valence-corrected chi connectivity index (χ1v) is 5.82. The van der Waals surface area contributed by atoms with Gasteiger partial charge >= 0.3 is 0 Å².